The minimum atomic E-state index is -0.338. The summed E-state index contributed by atoms with van der Waals surface area (Å²) >= 11 is 5.84. The van der Waals surface area contributed by atoms with E-state index in [9.17, 15) is 4.79 Å². The molecular formula is C12H11ClN4O. The normalized spacial score (nSPS) is 9.83. The van der Waals surface area contributed by atoms with Crippen molar-refractivity contribution in [3.05, 3.63) is 53.4 Å². The molecule has 18 heavy (non-hydrogen) atoms. The maximum atomic E-state index is 11.5. The van der Waals surface area contributed by atoms with E-state index < -0.39 is 0 Å². The predicted molar refractivity (Wildman–Crippen MR) is 69.3 cm³/mol. The van der Waals surface area contributed by atoms with Crippen molar-refractivity contribution in [2.45, 2.75) is 6.54 Å². The molecular weight excluding hydrogens is 252 g/mol. The van der Waals surface area contributed by atoms with Crippen molar-refractivity contribution in [1.82, 2.24) is 15.3 Å². The van der Waals surface area contributed by atoms with E-state index in [4.69, 9.17) is 11.6 Å². The molecule has 0 atom stereocenters. The topological polar surface area (TPSA) is 66.9 Å². The zero-order valence-corrected chi connectivity index (χ0v) is 10.2. The average Bonchev–Trinajstić information content (AvgIpc) is 2.38. The Morgan fingerprint density at radius 2 is 2.22 bits per heavy atom. The van der Waals surface area contributed by atoms with Crippen molar-refractivity contribution in [3.8, 4) is 0 Å². The molecule has 0 spiro atoms. The fourth-order valence-electron chi connectivity index (χ4n) is 1.35. The van der Waals surface area contributed by atoms with E-state index in [2.05, 4.69) is 20.6 Å². The predicted octanol–water partition coefficient (Wildman–Crippen LogP) is 2.45. The Morgan fingerprint density at radius 1 is 1.33 bits per heavy atom. The number of amides is 2. The number of carbonyl (C=O) groups excluding carboxylic acids is 1. The number of carbonyl (C=O) groups is 1. The number of anilines is 1. The van der Waals surface area contributed by atoms with Gasteiger partial charge < -0.3 is 5.32 Å². The van der Waals surface area contributed by atoms with Crippen LogP contribution in [0, 0.1) is 0 Å². The summed E-state index contributed by atoms with van der Waals surface area (Å²) in [6.07, 6.45) is 4.51. The molecule has 0 aliphatic heterocycles. The Balaban J connectivity index is 1.85. The molecule has 5 nitrogen and oxygen atoms in total. The van der Waals surface area contributed by atoms with Crippen LogP contribution in [0.25, 0.3) is 0 Å². The molecule has 0 aliphatic carbocycles. The summed E-state index contributed by atoms with van der Waals surface area (Å²) in [6.45, 7) is 0.395. The monoisotopic (exact) mass is 262 g/mol. The van der Waals surface area contributed by atoms with Crippen LogP contribution in [0.15, 0.2) is 42.9 Å². The third-order valence-electron chi connectivity index (χ3n) is 2.15. The molecule has 0 unspecified atom stereocenters. The van der Waals surface area contributed by atoms with Crippen molar-refractivity contribution in [2.24, 2.45) is 0 Å². The SMILES string of the molecule is O=C(NCc1cccc(Cl)c1)Nc1cnccn1. The summed E-state index contributed by atoms with van der Waals surface area (Å²) < 4.78 is 0. The summed E-state index contributed by atoms with van der Waals surface area (Å²) in [6, 6.07) is 6.96. The third kappa shape index (κ3) is 3.71. The Morgan fingerprint density at radius 3 is 2.94 bits per heavy atom. The molecule has 2 N–H and O–H groups in total. The second-order valence-electron chi connectivity index (χ2n) is 3.53. The van der Waals surface area contributed by atoms with Gasteiger partial charge in [-0.3, -0.25) is 10.3 Å². The lowest BCUT2D eigenvalue weighted by atomic mass is 10.2. The highest BCUT2D eigenvalue weighted by atomic mass is 35.5. The van der Waals surface area contributed by atoms with Gasteiger partial charge in [-0.2, -0.15) is 0 Å². The van der Waals surface area contributed by atoms with E-state index in [1.54, 1.807) is 12.1 Å². The molecule has 2 amide bonds. The van der Waals surface area contributed by atoms with Crippen LogP contribution in [-0.4, -0.2) is 16.0 Å². The van der Waals surface area contributed by atoms with Gasteiger partial charge in [0.25, 0.3) is 0 Å². The molecule has 2 rings (SSSR count). The van der Waals surface area contributed by atoms with Crippen molar-refractivity contribution in [1.29, 1.82) is 0 Å². The average molecular weight is 263 g/mol. The molecule has 2 aromatic rings. The number of urea groups is 1. The number of halogens is 1. The molecule has 0 bridgehead atoms. The molecule has 0 aliphatic rings. The van der Waals surface area contributed by atoms with Crippen LogP contribution in [0.2, 0.25) is 5.02 Å². The number of nitrogens with zero attached hydrogens (tertiary/aromatic N) is 2. The molecule has 1 aromatic carbocycles. The van der Waals surface area contributed by atoms with E-state index in [-0.39, 0.29) is 6.03 Å². The van der Waals surface area contributed by atoms with Gasteiger partial charge >= 0.3 is 6.03 Å². The standard InChI is InChI=1S/C12H11ClN4O/c13-10-3-1-2-9(6-10)7-16-12(18)17-11-8-14-4-5-15-11/h1-6,8H,7H2,(H2,15,16,17,18). The minimum absolute atomic E-state index is 0.338. The second kappa shape index (κ2) is 5.97. The van der Waals surface area contributed by atoms with Crippen LogP contribution in [0.1, 0.15) is 5.56 Å². The number of aromatic nitrogens is 2. The fraction of sp³-hybridized carbons (Fsp3) is 0.0833. The Hall–Kier alpha value is -2.14. The maximum Gasteiger partial charge on any atom is 0.320 e. The van der Waals surface area contributed by atoms with Crippen molar-refractivity contribution < 1.29 is 4.79 Å². The van der Waals surface area contributed by atoms with Gasteiger partial charge in [0.15, 0.2) is 5.82 Å². The minimum Gasteiger partial charge on any atom is -0.334 e. The van der Waals surface area contributed by atoms with E-state index in [0.29, 0.717) is 17.4 Å². The quantitative estimate of drug-likeness (QED) is 0.893. The number of hydrogen-bond acceptors (Lipinski definition) is 3. The third-order valence-corrected chi connectivity index (χ3v) is 2.38. The van der Waals surface area contributed by atoms with Gasteiger partial charge in [-0.05, 0) is 17.7 Å². The summed E-state index contributed by atoms with van der Waals surface area (Å²) in [4.78, 5) is 19.3. The van der Waals surface area contributed by atoms with Gasteiger partial charge in [0.05, 0.1) is 6.20 Å². The summed E-state index contributed by atoms with van der Waals surface area (Å²) in [5, 5.41) is 5.91. The molecule has 0 fully saturated rings. The first-order valence-corrected chi connectivity index (χ1v) is 5.67. The van der Waals surface area contributed by atoms with E-state index in [0.717, 1.165) is 5.56 Å². The van der Waals surface area contributed by atoms with Gasteiger partial charge in [-0.25, -0.2) is 9.78 Å². The van der Waals surface area contributed by atoms with E-state index >= 15 is 0 Å². The molecule has 92 valence electrons. The summed E-state index contributed by atoms with van der Waals surface area (Å²) in [5.41, 5.74) is 0.928. The van der Waals surface area contributed by atoms with Crippen LogP contribution in [0.3, 0.4) is 0 Å². The highest BCUT2D eigenvalue weighted by molar-refractivity contribution is 6.30. The zero-order valence-electron chi connectivity index (χ0n) is 9.43. The van der Waals surface area contributed by atoms with E-state index in [1.165, 1.54) is 18.6 Å². The summed E-state index contributed by atoms with van der Waals surface area (Å²) in [5.74, 6) is 0.404. The summed E-state index contributed by atoms with van der Waals surface area (Å²) in [7, 11) is 0. The highest BCUT2D eigenvalue weighted by Crippen LogP contribution is 2.10. The Labute approximate surface area is 109 Å². The lowest BCUT2D eigenvalue weighted by Gasteiger charge is -2.06. The van der Waals surface area contributed by atoms with Crippen molar-refractivity contribution in [3.63, 3.8) is 0 Å². The number of benzene rings is 1. The number of nitrogens with one attached hydrogen (secondary N) is 2. The van der Waals surface area contributed by atoms with Crippen molar-refractivity contribution >= 4 is 23.4 Å². The number of rotatable bonds is 3. The van der Waals surface area contributed by atoms with Crippen LogP contribution in [0.5, 0.6) is 0 Å². The second-order valence-corrected chi connectivity index (χ2v) is 3.96. The van der Waals surface area contributed by atoms with Crippen molar-refractivity contribution in [2.75, 3.05) is 5.32 Å². The molecule has 6 heteroatoms. The number of hydrogen-bond donors (Lipinski definition) is 2. The zero-order chi connectivity index (χ0) is 12.8. The molecule has 1 aromatic heterocycles. The van der Waals surface area contributed by atoms with Gasteiger partial charge in [0.2, 0.25) is 0 Å². The highest BCUT2D eigenvalue weighted by Gasteiger charge is 2.02. The van der Waals surface area contributed by atoms with Crippen LogP contribution in [-0.2, 0) is 6.54 Å². The van der Waals surface area contributed by atoms with Gasteiger partial charge in [0, 0.05) is 24.0 Å². The fourth-order valence-corrected chi connectivity index (χ4v) is 1.57. The Kier molecular flexibility index (Phi) is 4.09. The smallest absolute Gasteiger partial charge is 0.320 e. The first kappa shape index (κ1) is 12.3. The first-order valence-electron chi connectivity index (χ1n) is 5.29. The van der Waals surface area contributed by atoms with Crippen LogP contribution < -0.4 is 10.6 Å². The van der Waals surface area contributed by atoms with Crippen LogP contribution in [0.4, 0.5) is 10.6 Å². The van der Waals surface area contributed by atoms with Gasteiger partial charge in [-0.15, -0.1) is 0 Å². The lowest BCUT2D eigenvalue weighted by molar-refractivity contribution is 0.251. The molecule has 0 saturated heterocycles. The maximum absolute atomic E-state index is 11.5. The largest absolute Gasteiger partial charge is 0.334 e. The lowest BCUT2D eigenvalue weighted by Crippen LogP contribution is -2.28. The molecule has 0 saturated carbocycles. The first-order chi connectivity index (χ1) is 8.74. The molecule has 0 radical (unpaired) electrons. The molecule has 1 heterocycles. The van der Waals surface area contributed by atoms with Gasteiger partial charge in [-0.1, -0.05) is 23.7 Å². The van der Waals surface area contributed by atoms with Crippen LogP contribution >= 0.6 is 11.6 Å². The van der Waals surface area contributed by atoms with Gasteiger partial charge in [0.1, 0.15) is 0 Å². The van der Waals surface area contributed by atoms with E-state index in [1.807, 2.05) is 12.1 Å². The Bertz CT molecular complexity index is 533.